The minimum Gasteiger partial charge on any atom is -0.478 e. The van der Waals surface area contributed by atoms with Crippen LogP contribution in [0, 0.1) is 0 Å². The van der Waals surface area contributed by atoms with Crippen molar-refractivity contribution in [1.82, 2.24) is 0 Å². The second-order valence-corrected chi connectivity index (χ2v) is 10.8. The number of carboxylic acid groups (broad SMARTS) is 1. The van der Waals surface area contributed by atoms with Crippen LogP contribution in [0.3, 0.4) is 0 Å². The van der Waals surface area contributed by atoms with Gasteiger partial charge in [0.05, 0.1) is 0 Å². The van der Waals surface area contributed by atoms with E-state index in [0.29, 0.717) is 0 Å². The molecule has 27 heavy (non-hydrogen) atoms. The van der Waals surface area contributed by atoms with Crippen molar-refractivity contribution in [2.45, 2.75) is 18.0 Å². The van der Waals surface area contributed by atoms with Crippen LogP contribution in [0.25, 0.3) is 0 Å². The molecule has 0 radical (unpaired) electrons. The minimum absolute atomic E-state index is 0.296. The number of aliphatic carboxylic acids is 1. The molecule has 136 valence electrons. The molecule has 1 saturated heterocycles. The van der Waals surface area contributed by atoms with Gasteiger partial charge in [0.25, 0.3) is 0 Å². The van der Waals surface area contributed by atoms with Gasteiger partial charge in [0.2, 0.25) is 0 Å². The molecule has 1 aliphatic rings. The lowest BCUT2D eigenvalue weighted by Crippen LogP contribution is -2.31. The van der Waals surface area contributed by atoms with Crippen molar-refractivity contribution in [3.63, 3.8) is 0 Å². The SMILES string of the molecule is O=C(O)C=P1(c2ccccc2)CCCC1(c1ccccc1)c1ccccc1. The molecule has 2 nitrogen and oxygen atoms in total. The summed E-state index contributed by atoms with van der Waals surface area (Å²) in [5, 5.41) is 10.8. The third-order valence-corrected chi connectivity index (χ3v) is 10.8. The van der Waals surface area contributed by atoms with E-state index in [9.17, 15) is 9.90 Å². The highest BCUT2D eigenvalue weighted by molar-refractivity contribution is 7.84. The maximum absolute atomic E-state index is 12.1. The number of carbonyl (C=O) groups is 1. The van der Waals surface area contributed by atoms with Crippen LogP contribution in [-0.2, 0) is 9.95 Å². The van der Waals surface area contributed by atoms with Crippen LogP contribution in [-0.4, -0.2) is 23.0 Å². The fourth-order valence-corrected chi connectivity index (χ4v) is 9.89. The standard InChI is InChI=1S/C24H23O2P/c25-23(26)19-27(22-15-8-3-9-16-22)18-10-17-24(27,20-11-4-1-5-12-20)21-13-6-2-7-14-21/h1-9,11-16,19H,10,17-18H2,(H,25,26). The largest absolute Gasteiger partial charge is 0.478 e. The van der Waals surface area contributed by atoms with Crippen molar-refractivity contribution in [3.05, 3.63) is 102 Å². The number of hydrogen-bond acceptors (Lipinski definition) is 1. The molecule has 4 rings (SSSR count). The molecule has 0 saturated carbocycles. The molecule has 0 bridgehead atoms. The first kappa shape index (κ1) is 17.8. The van der Waals surface area contributed by atoms with Gasteiger partial charge in [-0.3, -0.25) is 0 Å². The van der Waals surface area contributed by atoms with E-state index in [1.54, 1.807) is 5.80 Å². The van der Waals surface area contributed by atoms with Gasteiger partial charge in [-0.15, -0.1) is 0 Å². The fraction of sp³-hybridized carbons (Fsp3) is 0.167. The Morgan fingerprint density at radius 1 is 0.815 bits per heavy atom. The van der Waals surface area contributed by atoms with Crippen LogP contribution in [0.4, 0.5) is 0 Å². The molecule has 1 atom stereocenters. The Balaban J connectivity index is 2.13. The molecule has 0 amide bonds. The number of benzene rings is 3. The van der Waals surface area contributed by atoms with Gasteiger partial charge in [0, 0.05) is 11.0 Å². The summed E-state index contributed by atoms with van der Waals surface area (Å²) in [5.74, 6) is 0.848. The lowest BCUT2D eigenvalue weighted by molar-refractivity contribution is -0.128. The first-order valence-electron chi connectivity index (χ1n) is 9.32. The second kappa shape index (κ2) is 7.21. The van der Waals surface area contributed by atoms with Gasteiger partial charge >= 0.3 is 5.97 Å². The van der Waals surface area contributed by atoms with Crippen molar-refractivity contribution in [2.24, 2.45) is 0 Å². The summed E-state index contributed by atoms with van der Waals surface area (Å²) in [5.41, 5.74) is 2.45. The molecular weight excluding hydrogens is 351 g/mol. The van der Waals surface area contributed by atoms with Crippen LogP contribution in [0.15, 0.2) is 91.0 Å². The van der Waals surface area contributed by atoms with Gasteiger partial charge in [-0.25, -0.2) is 4.79 Å². The number of carboxylic acids is 1. The van der Waals surface area contributed by atoms with Crippen LogP contribution in [0.2, 0.25) is 0 Å². The average Bonchev–Trinajstić information content (AvgIpc) is 3.10. The van der Waals surface area contributed by atoms with Gasteiger partial charge < -0.3 is 5.11 Å². The smallest absolute Gasteiger partial charge is 0.328 e. The first-order chi connectivity index (χ1) is 13.2. The molecule has 0 aliphatic carbocycles. The molecule has 1 unspecified atom stereocenters. The lowest BCUT2D eigenvalue weighted by Gasteiger charge is -2.42. The maximum atomic E-state index is 12.1. The van der Waals surface area contributed by atoms with E-state index in [1.807, 2.05) is 30.3 Å². The van der Waals surface area contributed by atoms with Crippen LogP contribution in [0.1, 0.15) is 24.0 Å². The van der Waals surface area contributed by atoms with E-state index in [0.717, 1.165) is 19.0 Å². The highest BCUT2D eigenvalue weighted by Crippen LogP contribution is 2.72. The molecule has 0 spiro atoms. The van der Waals surface area contributed by atoms with Crippen molar-refractivity contribution in [1.29, 1.82) is 0 Å². The van der Waals surface area contributed by atoms with Crippen LogP contribution >= 0.6 is 6.89 Å². The Morgan fingerprint density at radius 2 is 1.30 bits per heavy atom. The Morgan fingerprint density at radius 3 is 1.78 bits per heavy atom. The molecule has 0 aromatic heterocycles. The number of rotatable bonds is 4. The molecule has 3 heteroatoms. The van der Waals surface area contributed by atoms with Crippen molar-refractivity contribution in [2.75, 3.05) is 6.16 Å². The summed E-state index contributed by atoms with van der Waals surface area (Å²) in [6.45, 7) is -2.16. The fourth-order valence-electron chi connectivity index (χ4n) is 4.80. The zero-order chi connectivity index (χ0) is 18.7. The zero-order valence-electron chi connectivity index (χ0n) is 15.2. The van der Waals surface area contributed by atoms with Crippen LogP contribution < -0.4 is 5.30 Å². The van der Waals surface area contributed by atoms with E-state index in [2.05, 4.69) is 60.7 Å². The molecule has 1 fully saturated rings. The highest BCUT2D eigenvalue weighted by Gasteiger charge is 2.51. The van der Waals surface area contributed by atoms with Crippen LogP contribution in [0.5, 0.6) is 0 Å². The van der Waals surface area contributed by atoms with Crippen molar-refractivity contribution < 1.29 is 9.90 Å². The Bertz CT molecular complexity index is 939. The third-order valence-electron chi connectivity index (χ3n) is 5.78. The summed E-state index contributed by atoms with van der Waals surface area (Å²) in [6.07, 6.45) is 2.91. The monoisotopic (exact) mass is 374 g/mol. The summed E-state index contributed by atoms with van der Waals surface area (Å²) < 4.78 is 0. The molecule has 3 aromatic rings. The van der Waals surface area contributed by atoms with Crippen molar-refractivity contribution >= 4 is 24.0 Å². The Hall–Kier alpha value is -2.57. The summed E-state index contributed by atoms with van der Waals surface area (Å²) in [7, 11) is 0. The quantitative estimate of drug-likeness (QED) is 0.656. The summed E-state index contributed by atoms with van der Waals surface area (Å²) in [4.78, 5) is 12.1. The topological polar surface area (TPSA) is 37.3 Å². The molecular formula is C24H23O2P. The minimum atomic E-state index is -2.16. The van der Waals surface area contributed by atoms with Gasteiger partial charge in [0.15, 0.2) is 0 Å². The van der Waals surface area contributed by atoms with E-state index in [4.69, 9.17) is 0 Å². The lowest BCUT2D eigenvalue weighted by atomic mass is 9.87. The van der Waals surface area contributed by atoms with Gasteiger partial charge in [-0.05, 0) is 35.4 Å². The summed E-state index contributed by atoms with van der Waals surface area (Å²) >= 11 is 0. The van der Waals surface area contributed by atoms with E-state index >= 15 is 0 Å². The molecule has 1 aliphatic heterocycles. The Kier molecular flexibility index (Phi) is 4.76. The van der Waals surface area contributed by atoms with E-state index in [1.165, 1.54) is 16.4 Å². The predicted molar refractivity (Wildman–Crippen MR) is 114 cm³/mol. The van der Waals surface area contributed by atoms with Gasteiger partial charge in [0.1, 0.15) is 0 Å². The first-order valence-corrected chi connectivity index (χ1v) is 11.4. The number of hydrogen-bond donors (Lipinski definition) is 1. The van der Waals surface area contributed by atoms with E-state index in [-0.39, 0.29) is 5.16 Å². The maximum Gasteiger partial charge on any atom is 0.328 e. The average molecular weight is 374 g/mol. The molecule has 1 heterocycles. The molecule has 3 aromatic carbocycles. The Labute approximate surface area is 160 Å². The van der Waals surface area contributed by atoms with E-state index < -0.39 is 12.9 Å². The van der Waals surface area contributed by atoms with Gasteiger partial charge in [-0.1, -0.05) is 97.9 Å². The second-order valence-electron chi connectivity index (χ2n) is 7.09. The predicted octanol–water partition coefficient (Wildman–Crippen LogP) is 4.95. The molecule has 1 N–H and O–H groups in total. The summed E-state index contributed by atoms with van der Waals surface area (Å²) in [6, 6.07) is 31.3. The third kappa shape index (κ3) is 2.85. The van der Waals surface area contributed by atoms with Crippen molar-refractivity contribution in [3.8, 4) is 0 Å². The zero-order valence-corrected chi connectivity index (χ0v) is 16.1. The highest BCUT2D eigenvalue weighted by atomic mass is 31.2. The van der Waals surface area contributed by atoms with Gasteiger partial charge in [-0.2, -0.15) is 0 Å². The normalized spacial score (nSPS) is 20.9.